The molecule has 0 saturated carbocycles. The van der Waals surface area contributed by atoms with Crippen molar-refractivity contribution in [3.8, 4) is 5.75 Å². The standard InChI is InChI=1S/C16H27NO2/c1-12(2)19-10-6-5-9-17-14(4)15-11-13(3)7-8-16(15)18/h7-8,11-12,14,17-18H,5-6,9-10H2,1-4H3. The van der Waals surface area contributed by atoms with Gasteiger partial charge < -0.3 is 15.2 Å². The molecular formula is C16H27NO2. The summed E-state index contributed by atoms with van der Waals surface area (Å²) in [6.07, 6.45) is 2.47. The summed E-state index contributed by atoms with van der Waals surface area (Å²) in [4.78, 5) is 0. The predicted molar refractivity (Wildman–Crippen MR) is 79.6 cm³/mol. The predicted octanol–water partition coefficient (Wildman–Crippen LogP) is 3.56. The van der Waals surface area contributed by atoms with Gasteiger partial charge in [0.15, 0.2) is 0 Å². The van der Waals surface area contributed by atoms with Gasteiger partial charge in [0.2, 0.25) is 0 Å². The monoisotopic (exact) mass is 265 g/mol. The molecule has 1 aromatic carbocycles. The Kier molecular flexibility index (Phi) is 6.89. The molecule has 3 nitrogen and oxygen atoms in total. The van der Waals surface area contributed by atoms with E-state index in [4.69, 9.17) is 4.74 Å². The summed E-state index contributed by atoms with van der Waals surface area (Å²) in [5, 5.41) is 13.3. The third-order valence-electron chi connectivity index (χ3n) is 3.12. The van der Waals surface area contributed by atoms with Gasteiger partial charge in [-0.25, -0.2) is 0 Å². The summed E-state index contributed by atoms with van der Waals surface area (Å²) in [5.41, 5.74) is 2.14. The van der Waals surface area contributed by atoms with E-state index in [1.165, 1.54) is 5.56 Å². The lowest BCUT2D eigenvalue weighted by molar-refractivity contribution is 0.0759. The number of ether oxygens (including phenoxy) is 1. The number of aromatic hydroxyl groups is 1. The molecule has 1 aromatic rings. The van der Waals surface area contributed by atoms with Crippen LogP contribution in [0, 0.1) is 6.92 Å². The van der Waals surface area contributed by atoms with E-state index >= 15 is 0 Å². The van der Waals surface area contributed by atoms with Crippen LogP contribution in [-0.4, -0.2) is 24.4 Å². The lowest BCUT2D eigenvalue weighted by atomic mass is 10.0. The maximum absolute atomic E-state index is 9.85. The lowest BCUT2D eigenvalue weighted by Gasteiger charge is -2.16. The van der Waals surface area contributed by atoms with Gasteiger partial charge in [0.05, 0.1) is 6.10 Å². The lowest BCUT2D eigenvalue weighted by Crippen LogP contribution is -2.20. The Balaban J connectivity index is 2.27. The van der Waals surface area contributed by atoms with Crippen LogP contribution in [0.15, 0.2) is 18.2 Å². The van der Waals surface area contributed by atoms with Gasteiger partial charge in [-0.1, -0.05) is 17.7 Å². The molecule has 0 aliphatic rings. The third kappa shape index (κ3) is 6.08. The van der Waals surface area contributed by atoms with Crippen molar-refractivity contribution in [2.75, 3.05) is 13.2 Å². The van der Waals surface area contributed by atoms with Crippen LogP contribution in [0.25, 0.3) is 0 Å². The first-order valence-corrected chi connectivity index (χ1v) is 7.15. The van der Waals surface area contributed by atoms with Crippen molar-refractivity contribution in [3.63, 3.8) is 0 Å². The molecule has 0 aromatic heterocycles. The molecule has 1 atom stereocenters. The summed E-state index contributed by atoms with van der Waals surface area (Å²) in [5.74, 6) is 0.369. The van der Waals surface area contributed by atoms with Crippen LogP contribution in [0.3, 0.4) is 0 Å². The summed E-state index contributed by atoms with van der Waals surface area (Å²) in [7, 11) is 0. The highest BCUT2D eigenvalue weighted by atomic mass is 16.5. The smallest absolute Gasteiger partial charge is 0.120 e. The second kappa shape index (κ2) is 8.18. The Morgan fingerprint density at radius 1 is 1.21 bits per heavy atom. The van der Waals surface area contributed by atoms with E-state index in [1.54, 1.807) is 6.07 Å². The molecule has 0 amide bonds. The number of hydrogen-bond acceptors (Lipinski definition) is 3. The molecule has 0 heterocycles. The van der Waals surface area contributed by atoms with Gasteiger partial charge in [0.25, 0.3) is 0 Å². The van der Waals surface area contributed by atoms with Crippen LogP contribution in [0.4, 0.5) is 0 Å². The zero-order valence-corrected chi connectivity index (χ0v) is 12.6. The van der Waals surface area contributed by atoms with Gasteiger partial charge in [-0.2, -0.15) is 0 Å². The minimum Gasteiger partial charge on any atom is -0.508 e. The van der Waals surface area contributed by atoms with E-state index in [-0.39, 0.29) is 6.04 Å². The Morgan fingerprint density at radius 3 is 2.63 bits per heavy atom. The second-order valence-corrected chi connectivity index (χ2v) is 5.36. The molecule has 0 aliphatic heterocycles. The molecule has 19 heavy (non-hydrogen) atoms. The first kappa shape index (κ1) is 16.0. The van der Waals surface area contributed by atoms with Crippen molar-refractivity contribution in [2.45, 2.75) is 52.7 Å². The minimum atomic E-state index is 0.172. The quantitative estimate of drug-likeness (QED) is 0.706. The van der Waals surface area contributed by atoms with Gasteiger partial charge in [0.1, 0.15) is 5.75 Å². The van der Waals surface area contributed by atoms with Crippen molar-refractivity contribution in [1.29, 1.82) is 0 Å². The number of unbranched alkanes of at least 4 members (excludes halogenated alkanes) is 1. The molecule has 0 aliphatic carbocycles. The Morgan fingerprint density at radius 2 is 1.95 bits per heavy atom. The third-order valence-corrected chi connectivity index (χ3v) is 3.12. The molecule has 1 unspecified atom stereocenters. The molecule has 1 rings (SSSR count). The number of rotatable bonds is 8. The van der Waals surface area contributed by atoms with E-state index in [2.05, 4.69) is 26.1 Å². The molecule has 0 saturated heterocycles. The van der Waals surface area contributed by atoms with Gasteiger partial charge in [-0.3, -0.25) is 0 Å². The zero-order valence-electron chi connectivity index (χ0n) is 12.6. The Bertz CT molecular complexity index is 377. The molecule has 0 radical (unpaired) electrons. The maximum Gasteiger partial charge on any atom is 0.120 e. The van der Waals surface area contributed by atoms with Crippen LogP contribution in [-0.2, 0) is 4.74 Å². The highest BCUT2D eigenvalue weighted by Crippen LogP contribution is 2.24. The van der Waals surface area contributed by atoms with Crippen LogP contribution in [0.2, 0.25) is 0 Å². The first-order valence-electron chi connectivity index (χ1n) is 7.15. The second-order valence-electron chi connectivity index (χ2n) is 5.36. The van der Waals surface area contributed by atoms with Crippen LogP contribution >= 0.6 is 0 Å². The fourth-order valence-corrected chi connectivity index (χ4v) is 2.00. The zero-order chi connectivity index (χ0) is 14.3. The van der Waals surface area contributed by atoms with E-state index in [0.717, 1.165) is 31.6 Å². The first-order chi connectivity index (χ1) is 9.00. The van der Waals surface area contributed by atoms with Gasteiger partial charge >= 0.3 is 0 Å². The molecule has 3 heteroatoms. The summed E-state index contributed by atoms with van der Waals surface area (Å²) >= 11 is 0. The van der Waals surface area contributed by atoms with Gasteiger partial charge in [0, 0.05) is 18.2 Å². The molecule has 2 N–H and O–H groups in total. The van der Waals surface area contributed by atoms with Crippen LogP contribution < -0.4 is 5.32 Å². The number of phenols is 1. The molecule has 108 valence electrons. The van der Waals surface area contributed by atoms with E-state index in [0.29, 0.717) is 11.9 Å². The van der Waals surface area contributed by atoms with Gasteiger partial charge in [-0.15, -0.1) is 0 Å². The SMILES string of the molecule is Cc1ccc(O)c(C(C)NCCCCOC(C)C)c1. The van der Waals surface area contributed by atoms with Crippen molar-refractivity contribution < 1.29 is 9.84 Å². The van der Waals surface area contributed by atoms with E-state index in [9.17, 15) is 5.11 Å². The van der Waals surface area contributed by atoms with Crippen molar-refractivity contribution in [3.05, 3.63) is 29.3 Å². The largest absolute Gasteiger partial charge is 0.508 e. The minimum absolute atomic E-state index is 0.172. The highest BCUT2D eigenvalue weighted by molar-refractivity contribution is 5.37. The fourth-order valence-electron chi connectivity index (χ4n) is 2.00. The number of hydrogen-bond donors (Lipinski definition) is 2. The van der Waals surface area contributed by atoms with Crippen molar-refractivity contribution in [1.82, 2.24) is 5.32 Å². The Hall–Kier alpha value is -1.06. The van der Waals surface area contributed by atoms with Crippen LogP contribution in [0.5, 0.6) is 5.75 Å². The summed E-state index contributed by atoms with van der Waals surface area (Å²) in [6.45, 7) is 10.00. The average Bonchev–Trinajstić information content (AvgIpc) is 2.36. The normalized spacial score (nSPS) is 12.9. The summed E-state index contributed by atoms with van der Waals surface area (Å²) < 4.78 is 5.50. The highest BCUT2D eigenvalue weighted by Gasteiger charge is 2.09. The maximum atomic E-state index is 9.85. The molecule has 0 spiro atoms. The fraction of sp³-hybridized carbons (Fsp3) is 0.625. The Labute approximate surface area is 117 Å². The van der Waals surface area contributed by atoms with E-state index in [1.807, 2.05) is 19.1 Å². The van der Waals surface area contributed by atoms with E-state index < -0.39 is 0 Å². The van der Waals surface area contributed by atoms with Gasteiger partial charge in [-0.05, 0) is 53.1 Å². The molecule has 0 bridgehead atoms. The number of aryl methyl sites for hydroxylation is 1. The number of phenolic OH excluding ortho intramolecular Hbond substituents is 1. The molecule has 0 fully saturated rings. The topological polar surface area (TPSA) is 41.5 Å². The number of nitrogens with one attached hydrogen (secondary N) is 1. The van der Waals surface area contributed by atoms with Crippen molar-refractivity contribution >= 4 is 0 Å². The average molecular weight is 265 g/mol. The number of benzene rings is 1. The van der Waals surface area contributed by atoms with Crippen LogP contribution in [0.1, 0.15) is 50.8 Å². The summed E-state index contributed by atoms with van der Waals surface area (Å²) in [6, 6.07) is 5.90. The molecular weight excluding hydrogens is 238 g/mol. The van der Waals surface area contributed by atoms with Crippen molar-refractivity contribution in [2.24, 2.45) is 0 Å².